The van der Waals surface area contributed by atoms with E-state index in [0.717, 1.165) is 28.6 Å². The number of allylic oxidation sites excluding steroid dienone is 5. The van der Waals surface area contributed by atoms with Gasteiger partial charge in [0.15, 0.2) is 0 Å². The Labute approximate surface area is 248 Å². The smallest absolute Gasteiger partial charge is 0.0798 e. The maximum absolute atomic E-state index is 6.28. The number of benzene rings is 3. The van der Waals surface area contributed by atoms with Crippen LogP contribution in [0, 0.1) is 6.92 Å². The minimum atomic E-state index is 0.764. The Bertz CT molecular complexity index is 1700. The zero-order valence-electron chi connectivity index (χ0n) is 22.0. The second kappa shape index (κ2) is 10.9. The second-order valence-electron chi connectivity index (χ2n) is 9.80. The zero-order valence-corrected chi connectivity index (χ0v) is 25.2. The van der Waals surface area contributed by atoms with Gasteiger partial charge in [0.25, 0.3) is 0 Å². The van der Waals surface area contributed by atoms with E-state index in [9.17, 15) is 0 Å². The molecule has 0 N–H and O–H groups in total. The lowest BCUT2D eigenvalue weighted by molar-refractivity contribution is 1.03. The van der Waals surface area contributed by atoms with Gasteiger partial charge in [-0.2, -0.15) is 0 Å². The highest BCUT2D eigenvalue weighted by atomic mass is 35.5. The van der Waals surface area contributed by atoms with Crippen LogP contribution < -0.4 is 9.80 Å². The number of hydrogen-bond acceptors (Lipinski definition) is 4. The zero-order chi connectivity index (χ0) is 27.1. The van der Waals surface area contributed by atoms with E-state index in [1.807, 2.05) is 29.5 Å². The van der Waals surface area contributed by atoms with Gasteiger partial charge in [-0.25, -0.2) is 0 Å². The first-order valence-corrected chi connectivity index (χ1v) is 15.3. The number of thioether (sulfide) groups is 1. The fourth-order valence-electron chi connectivity index (χ4n) is 5.25. The van der Waals surface area contributed by atoms with Crippen molar-refractivity contribution in [2.24, 2.45) is 0 Å². The Morgan fingerprint density at radius 3 is 2.49 bits per heavy atom. The molecule has 39 heavy (non-hydrogen) atoms. The molecule has 1 aliphatic heterocycles. The summed E-state index contributed by atoms with van der Waals surface area (Å²) in [6.07, 6.45) is 11.2. The molecule has 2 aliphatic rings. The maximum Gasteiger partial charge on any atom is 0.0798 e. The Kier molecular flexibility index (Phi) is 7.39. The van der Waals surface area contributed by atoms with Crippen LogP contribution in [0.3, 0.4) is 0 Å². The van der Waals surface area contributed by atoms with Gasteiger partial charge in [0.2, 0.25) is 0 Å². The molecule has 0 radical (unpaired) electrons. The van der Waals surface area contributed by atoms with Gasteiger partial charge in [-0.3, -0.25) is 0 Å². The molecule has 4 aromatic rings. The number of rotatable bonds is 5. The van der Waals surface area contributed by atoms with Crippen LogP contribution in [0.2, 0.25) is 10.0 Å². The summed E-state index contributed by atoms with van der Waals surface area (Å²) in [5, 5.41) is 3.98. The minimum absolute atomic E-state index is 0.764. The molecule has 0 bridgehead atoms. The predicted molar refractivity (Wildman–Crippen MR) is 174 cm³/mol. The summed E-state index contributed by atoms with van der Waals surface area (Å²) >= 11 is 16.2. The molecule has 0 saturated heterocycles. The topological polar surface area (TPSA) is 6.48 Å². The van der Waals surface area contributed by atoms with Gasteiger partial charge in [-0.15, -0.1) is 11.3 Å². The first-order valence-electron chi connectivity index (χ1n) is 12.9. The summed E-state index contributed by atoms with van der Waals surface area (Å²) in [6.45, 7) is 2.19. The van der Waals surface area contributed by atoms with E-state index in [4.69, 9.17) is 23.2 Å². The van der Waals surface area contributed by atoms with Gasteiger partial charge in [0, 0.05) is 50.0 Å². The molecule has 1 aromatic heterocycles. The van der Waals surface area contributed by atoms with Crippen LogP contribution in [-0.2, 0) is 0 Å². The van der Waals surface area contributed by atoms with Gasteiger partial charge in [0.1, 0.15) is 0 Å². The van der Waals surface area contributed by atoms with Gasteiger partial charge >= 0.3 is 0 Å². The third-order valence-electron chi connectivity index (χ3n) is 7.38. The lowest BCUT2D eigenvalue weighted by Gasteiger charge is -2.23. The van der Waals surface area contributed by atoms with E-state index in [-0.39, 0.29) is 0 Å². The Balaban J connectivity index is 1.37. The van der Waals surface area contributed by atoms with Crippen molar-refractivity contribution in [3.05, 3.63) is 127 Å². The summed E-state index contributed by atoms with van der Waals surface area (Å²) in [4.78, 5) is 7.06. The number of fused-ring (bicyclic) bond motifs is 2. The van der Waals surface area contributed by atoms with E-state index >= 15 is 0 Å². The summed E-state index contributed by atoms with van der Waals surface area (Å²) in [5.74, 6) is 0. The van der Waals surface area contributed by atoms with Gasteiger partial charge < -0.3 is 9.80 Å². The summed E-state index contributed by atoms with van der Waals surface area (Å²) < 4.78 is 1.27. The molecule has 0 spiro atoms. The van der Waals surface area contributed by atoms with Crippen molar-refractivity contribution < 1.29 is 0 Å². The van der Waals surface area contributed by atoms with Crippen LogP contribution in [0.4, 0.5) is 11.4 Å². The summed E-state index contributed by atoms with van der Waals surface area (Å²) in [7, 11) is 4.28. The lowest BCUT2D eigenvalue weighted by Crippen LogP contribution is -2.17. The summed E-state index contributed by atoms with van der Waals surface area (Å²) in [6, 6.07) is 22.9. The van der Waals surface area contributed by atoms with Crippen molar-refractivity contribution in [2.45, 2.75) is 24.7 Å². The number of nitrogens with zero attached hydrogens (tertiary/aromatic N) is 2. The number of anilines is 2. The molecular weight excluding hydrogens is 559 g/mol. The van der Waals surface area contributed by atoms with Crippen LogP contribution in [0.1, 0.15) is 23.3 Å². The molecule has 3 aromatic carbocycles. The predicted octanol–water partition coefficient (Wildman–Crippen LogP) is 10.7. The van der Waals surface area contributed by atoms with E-state index in [0.29, 0.717) is 0 Å². The van der Waals surface area contributed by atoms with Crippen molar-refractivity contribution in [2.75, 3.05) is 23.9 Å². The highest BCUT2D eigenvalue weighted by molar-refractivity contribution is 8.03. The standard InChI is InChI=1S/C33H28Cl2N2S2/c1-21-27-19-24(34)13-16-30(27)38-29(21)15-11-22-9-10-23(33(22)36(2)26-7-5-4-6-8-26)12-18-32-37(3)28-20-25(35)14-17-31(28)39-32/h4-8,11-20H,9-10H2,1-3H3/b15-11?,23-12+,32-18?. The maximum atomic E-state index is 6.28. The number of thiophene rings is 1. The van der Waals surface area contributed by atoms with E-state index in [2.05, 4.69) is 104 Å². The Morgan fingerprint density at radius 1 is 0.897 bits per heavy atom. The van der Waals surface area contributed by atoms with Crippen molar-refractivity contribution in [1.82, 2.24) is 0 Å². The molecule has 1 aliphatic carbocycles. The van der Waals surface area contributed by atoms with Crippen molar-refractivity contribution in [3.8, 4) is 0 Å². The molecule has 0 unspecified atom stereocenters. The monoisotopic (exact) mass is 586 g/mol. The van der Waals surface area contributed by atoms with Crippen molar-refractivity contribution in [3.63, 3.8) is 0 Å². The molecule has 0 fully saturated rings. The van der Waals surface area contributed by atoms with Crippen LogP contribution in [0.15, 0.2) is 112 Å². The molecule has 0 amide bonds. The number of aryl methyl sites for hydroxylation is 1. The number of halogens is 2. The molecule has 6 rings (SSSR count). The number of para-hydroxylation sites is 1. The van der Waals surface area contributed by atoms with Gasteiger partial charge in [0.05, 0.1) is 10.7 Å². The van der Waals surface area contributed by atoms with Crippen LogP contribution >= 0.6 is 46.3 Å². The third kappa shape index (κ3) is 5.19. The highest BCUT2D eigenvalue weighted by Crippen LogP contribution is 2.46. The SMILES string of the molecule is Cc1c(C=CC2=C(N(C)c3ccccc3)/C(=C/C=C3Sc4ccc(Cl)cc4N3C)CC2)sc2ccc(Cl)cc12. The first-order chi connectivity index (χ1) is 18.9. The number of hydrogen-bond donors (Lipinski definition) is 0. The molecule has 2 heterocycles. The van der Waals surface area contributed by atoms with Gasteiger partial charge in [-0.05, 0) is 103 Å². The number of likely N-dealkylation sites (N-methyl/N-ethyl adjacent to an activating group) is 1. The quantitative estimate of drug-likeness (QED) is 0.229. The lowest BCUT2D eigenvalue weighted by atomic mass is 10.1. The van der Waals surface area contributed by atoms with Crippen LogP contribution in [-0.4, -0.2) is 14.1 Å². The third-order valence-corrected chi connectivity index (χ3v) is 10.3. The molecule has 0 saturated carbocycles. The van der Waals surface area contributed by atoms with Crippen LogP contribution in [0.5, 0.6) is 0 Å². The van der Waals surface area contributed by atoms with Gasteiger partial charge in [-0.1, -0.05) is 65.3 Å². The second-order valence-corrected chi connectivity index (χ2v) is 12.8. The fraction of sp³-hybridized carbons (Fsp3) is 0.152. The molecule has 2 nitrogen and oxygen atoms in total. The van der Waals surface area contributed by atoms with E-state index in [1.165, 1.54) is 53.0 Å². The summed E-state index contributed by atoms with van der Waals surface area (Å²) in [5.41, 5.74) is 7.60. The average Bonchev–Trinajstić information content (AvgIpc) is 3.59. The largest absolute Gasteiger partial charge is 0.344 e. The molecular formula is C33H28Cl2N2S2. The van der Waals surface area contributed by atoms with E-state index in [1.54, 1.807) is 11.8 Å². The Morgan fingerprint density at radius 2 is 1.67 bits per heavy atom. The average molecular weight is 588 g/mol. The fourth-order valence-corrected chi connectivity index (χ4v) is 7.72. The molecule has 0 atom stereocenters. The van der Waals surface area contributed by atoms with E-state index < -0.39 is 0 Å². The van der Waals surface area contributed by atoms with Crippen molar-refractivity contribution >= 4 is 73.8 Å². The molecule has 6 heteroatoms. The van der Waals surface area contributed by atoms with Crippen LogP contribution in [0.25, 0.3) is 16.2 Å². The highest BCUT2D eigenvalue weighted by Gasteiger charge is 2.24. The Hall–Kier alpha value is -2.89. The first kappa shape index (κ1) is 26.3. The van der Waals surface area contributed by atoms with Crippen molar-refractivity contribution in [1.29, 1.82) is 0 Å². The normalized spacial score (nSPS) is 17.4. The molecule has 196 valence electrons. The minimum Gasteiger partial charge on any atom is -0.344 e.